The van der Waals surface area contributed by atoms with Crippen molar-refractivity contribution in [2.75, 3.05) is 11.9 Å². The monoisotopic (exact) mass is 315 g/mol. The summed E-state index contributed by atoms with van der Waals surface area (Å²) >= 11 is 3.55. The van der Waals surface area contributed by atoms with E-state index in [1.165, 1.54) is 18.5 Å². The van der Waals surface area contributed by atoms with Crippen molar-refractivity contribution >= 4 is 15.9 Å². The van der Waals surface area contributed by atoms with E-state index in [1.807, 2.05) is 4.68 Å². The summed E-state index contributed by atoms with van der Waals surface area (Å²) in [6, 6.07) is 3.24. The molecule has 0 fully saturated rings. The summed E-state index contributed by atoms with van der Waals surface area (Å²) in [7, 11) is 0. The van der Waals surface area contributed by atoms with Crippen molar-refractivity contribution in [3.63, 3.8) is 0 Å². The van der Waals surface area contributed by atoms with Crippen LogP contribution in [0.5, 0.6) is 0 Å². The number of hydrogen-bond acceptors (Lipinski definition) is 2. The van der Waals surface area contributed by atoms with Crippen molar-refractivity contribution in [2.45, 2.75) is 59.2 Å². The molecule has 0 aliphatic heterocycles. The van der Waals surface area contributed by atoms with E-state index in [2.05, 4.69) is 65.9 Å². The number of rotatable bonds is 8. The lowest BCUT2D eigenvalue weighted by molar-refractivity contribution is 0.186. The minimum absolute atomic E-state index is 0.441. The fourth-order valence-corrected chi connectivity index (χ4v) is 2.72. The Morgan fingerprint density at radius 1 is 1.33 bits per heavy atom. The van der Waals surface area contributed by atoms with E-state index in [0.29, 0.717) is 12.1 Å². The molecule has 3 nitrogen and oxygen atoms in total. The summed E-state index contributed by atoms with van der Waals surface area (Å²) in [5.41, 5.74) is 1.18. The van der Waals surface area contributed by atoms with Crippen LogP contribution in [0.2, 0.25) is 0 Å². The molecule has 0 amide bonds. The van der Waals surface area contributed by atoms with Gasteiger partial charge in [0, 0.05) is 36.7 Å². The average Bonchev–Trinajstić information content (AvgIpc) is 2.79. The molecule has 0 bridgehead atoms. The van der Waals surface area contributed by atoms with Gasteiger partial charge in [-0.2, -0.15) is 5.10 Å². The summed E-state index contributed by atoms with van der Waals surface area (Å²) < 4.78 is 2.04. The van der Waals surface area contributed by atoms with Crippen LogP contribution in [0.1, 0.15) is 52.3 Å². The van der Waals surface area contributed by atoms with Gasteiger partial charge in [0.1, 0.15) is 0 Å². The van der Waals surface area contributed by atoms with Gasteiger partial charge in [-0.3, -0.25) is 9.58 Å². The number of aromatic nitrogens is 2. The predicted molar refractivity (Wildman–Crippen MR) is 81.2 cm³/mol. The van der Waals surface area contributed by atoms with Crippen molar-refractivity contribution in [1.29, 1.82) is 0 Å². The van der Waals surface area contributed by atoms with Gasteiger partial charge in [-0.05, 0) is 32.8 Å². The highest BCUT2D eigenvalue weighted by atomic mass is 79.9. The molecular weight excluding hydrogens is 290 g/mol. The van der Waals surface area contributed by atoms with Crippen LogP contribution in [0.25, 0.3) is 0 Å². The normalized spacial score (nSPS) is 12.0. The first-order chi connectivity index (χ1) is 8.62. The van der Waals surface area contributed by atoms with E-state index < -0.39 is 0 Å². The van der Waals surface area contributed by atoms with E-state index in [4.69, 9.17) is 0 Å². The van der Waals surface area contributed by atoms with E-state index >= 15 is 0 Å². The predicted octanol–water partition coefficient (Wildman–Crippen LogP) is 3.85. The maximum absolute atomic E-state index is 4.64. The van der Waals surface area contributed by atoms with Crippen molar-refractivity contribution < 1.29 is 0 Å². The molecule has 1 rings (SSSR count). The maximum atomic E-state index is 4.64. The first kappa shape index (κ1) is 15.7. The van der Waals surface area contributed by atoms with Crippen LogP contribution in [0.3, 0.4) is 0 Å². The molecule has 0 aliphatic carbocycles. The molecule has 0 atom stereocenters. The fourth-order valence-electron chi connectivity index (χ4n) is 2.26. The van der Waals surface area contributed by atoms with Gasteiger partial charge < -0.3 is 0 Å². The summed E-state index contributed by atoms with van der Waals surface area (Å²) in [5, 5.41) is 5.66. The molecule has 1 aromatic rings. The van der Waals surface area contributed by atoms with Gasteiger partial charge in [0.2, 0.25) is 0 Å². The second kappa shape index (κ2) is 7.95. The molecule has 1 aromatic heterocycles. The number of nitrogens with zero attached hydrogens (tertiary/aromatic N) is 3. The van der Waals surface area contributed by atoms with Crippen molar-refractivity contribution in [3.8, 4) is 0 Å². The molecule has 0 aliphatic rings. The third-order valence-electron chi connectivity index (χ3n) is 3.39. The average molecular weight is 316 g/mol. The Balaban J connectivity index is 2.69. The minimum atomic E-state index is 0.441. The van der Waals surface area contributed by atoms with E-state index in [-0.39, 0.29) is 0 Å². The summed E-state index contributed by atoms with van der Waals surface area (Å²) in [4.78, 5) is 2.53. The molecule has 18 heavy (non-hydrogen) atoms. The number of hydrogen-bond donors (Lipinski definition) is 0. The Bertz CT molecular complexity index is 332. The Hall–Kier alpha value is -0.350. The lowest BCUT2D eigenvalue weighted by Gasteiger charge is -2.29. The zero-order chi connectivity index (χ0) is 13.5. The number of halogens is 1. The summed E-state index contributed by atoms with van der Waals surface area (Å²) in [6.07, 6.45) is 4.49. The van der Waals surface area contributed by atoms with E-state index in [1.54, 1.807) is 0 Å². The fraction of sp³-hybridized carbons (Fsp3) is 0.786. The quantitative estimate of drug-likeness (QED) is 0.679. The SMILES string of the molecule is CCC(CC)N(CCBr)Cc1ccn(C(C)C)n1. The van der Waals surface area contributed by atoms with Crippen LogP contribution in [-0.4, -0.2) is 32.6 Å². The largest absolute Gasteiger partial charge is 0.294 e. The molecule has 0 aromatic carbocycles. The topological polar surface area (TPSA) is 21.1 Å². The van der Waals surface area contributed by atoms with Crippen LogP contribution in [0, 0.1) is 0 Å². The molecule has 1 heterocycles. The molecule has 0 saturated heterocycles. The third kappa shape index (κ3) is 4.39. The van der Waals surface area contributed by atoms with Crippen LogP contribution in [0.4, 0.5) is 0 Å². The number of alkyl halides is 1. The standard InChI is InChI=1S/C14H26BrN3/c1-5-14(6-2)17(10-8-15)11-13-7-9-18(16-13)12(3)4/h7,9,12,14H,5-6,8,10-11H2,1-4H3. The maximum Gasteiger partial charge on any atom is 0.0765 e. The van der Waals surface area contributed by atoms with Gasteiger partial charge >= 0.3 is 0 Å². The van der Waals surface area contributed by atoms with E-state index in [0.717, 1.165) is 18.4 Å². The lowest BCUT2D eigenvalue weighted by atomic mass is 10.1. The second-order valence-electron chi connectivity index (χ2n) is 5.01. The molecule has 0 spiro atoms. The third-order valence-corrected chi connectivity index (χ3v) is 3.74. The molecule has 0 radical (unpaired) electrons. The Morgan fingerprint density at radius 2 is 2.00 bits per heavy atom. The van der Waals surface area contributed by atoms with Crippen LogP contribution < -0.4 is 0 Å². The molecule has 0 N–H and O–H groups in total. The van der Waals surface area contributed by atoms with Crippen molar-refractivity contribution in [1.82, 2.24) is 14.7 Å². The van der Waals surface area contributed by atoms with Gasteiger partial charge in [-0.15, -0.1) is 0 Å². The molecule has 0 unspecified atom stereocenters. The minimum Gasteiger partial charge on any atom is -0.294 e. The van der Waals surface area contributed by atoms with Crippen molar-refractivity contribution in [2.24, 2.45) is 0 Å². The Labute approximate surface area is 120 Å². The smallest absolute Gasteiger partial charge is 0.0765 e. The van der Waals surface area contributed by atoms with Gasteiger partial charge in [-0.25, -0.2) is 0 Å². The zero-order valence-electron chi connectivity index (χ0n) is 12.1. The van der Waals surface area contributed by atoms with E-state index in [9.17, 15) is 0 Å². The molecule has 104 valence electrons. The Morgan fingerprint density at radius 3 is 2.44 bits per heavy atom. The Kier molecular flexibility index (Phi) is 6.94. The lowest BCUT2D eigenvalue weighted by Crippen LogP contribution is -2.35. The second-order valence-corrected chi connectivity index (χ2v) is 5.80. The first-order valence-corrected chi connectivity index (χ1v) is 8.08. The molecule has 0 saturated carbocycles. The van der Waals surface area contributed by atoms with Crippen LogP contribution in [0.15, 0.2) is 12.3 Å². The highest BCUT2D eigenvalue weighted by Gasteiger charge is 2.16. The highest BCUT2D eigenvalue weighted by Crippen LogP contribution is 2.14. The summed E-state index contributed by atoms with van der Waals surface area (Å²) in [5.74, 6) is 0. The van der Waals surface area contributed by atoms with Crippen LogP contribution >= 0.6 is 15.9 Å². The van der Waals surface area contributed by atoms with Gasteiger partial charge in [0.25, 0.3) is 0 Å². The van der Waals surface area contributed by atoms with Crippen molar-refractivity contribution in [3.05, 3.63) is 18.0 Å². The zero-order valence-corrected chi connectivity index (χ0v) is 13.7. The molecule has 4 heteroatoms. The first-order valence-electron chi connectivity index (χ1n) is 6.96. The van der Waals surface area contributed by atoms with Gasteiger partial charge in [0.05, 0.1) is 5.69 Å². The van der Waals surface area contributed by atoms with Gasteiger partial charge in [-0.1, -0.05) is 29.8 Å². The molecular formula is C14H26BrN3. The van der Waals surface area contributed by atoms with Crippen LogP contribution in [-0.2, 0) is 6.54 Å². The van der Waals surface area contributed by atoms with Gasteiger partial charge in [0.15, 0.2) is 0 Å². The summed E-state index contributed by atoms with van der Waals surface area (Å²) in [6.45, 7) is 10.9. The highest BCUT2D eigenvalue weighted by molar-refractivity contribution is 9.09.